The van der Waals surface area contributed by atoms with Gasteiger partial charge in [0.2, 0.25) is 5.91 Å². The van der Waals surface area contributed by atoms with E-state index in [-0.39, 0.29) is 22.5 Å². The van der Waals surface area contributed by atoms with Crippen LogP contribution in [0, 0.1) is 5.92 Å². The van der Waals surface area contributed by atoms with E-state index in [4.69, 9.17) is 16.2 Å². The van der Waals surface area contributed by atoms with Crippen molar-refractivity contribution in [2.75, 3.05) is 18.6 Å². The van der Waals surface area contributed by atoms with Crippen molar-refractivity contribution in [3.8, 4) is 0 Å². The van der Waals surface area contributed by atoms with Crippen LogP contribution in [0.25, 0.3) is 0 Å². The SMILES string of the molecule is COC(=O)C(CC(=O)c1ccccc1N)C(=O)C(CC(=O)c1ccccc1N)NC(C)=O. The van der Waals surface area contributed by atoms with Crippen LogP contribution >= 0.6 is 0 Å². The van der Waals surface area contributed by atoms with Gasteiger partial charge in [-0.05, 0) is 24.3 Å². The minimum absolute atomic E-state index is 0.151. The molecule has 2 unspecified atom stereocenters. The standard InChI is InChI=1S/C23H25N3O6/c1-13(27)26-19(12-21(29)15-8-4-6-10-18(15)25)22(30)16(23(31)32-2)11-20(28)14-7-3-5-9-17(14)24/h3-10,16,19H,11-12,24-25H2,1-2H3,(H,26,27). The molecule has 0 radical (unpaired) electrons. The Morgan fingerprint density at radius 3 is 1.75 bits per heavy atom. The Hall–Kier alpha value is -4.01. The van der Waals surface area contributed by atoms with E-state index < -0.39 is 54.0 Å². The summed E-state index contributed by atoms with van der Waals surface area (Å²) in [5.41, 5.74) is 12.4. The van der Waals surface area contributed by atoms with E-state index in [9.17, 15) is 24.0 Å². The third kappa shape index (κ3) is 6.00. The maximum absolute atomic E-state index is 13.2. The molecule has 2 rings (SSSR count). The summed E-state index contributed by atoms with van der Waals surface area (Å²) < 4.78 is 4.70. The molecule has 1 amide bonds. The molecule has 2 aromatic rings. The van der Waals surface area contributed by atoms with Gasteiger partial charge in [0.15, 0.2) is 17.3 Å². The highest BCUT2D eigenvalue weighted by Gasteiger charge is 2.37. The average molecular weight is 439 g/mol. The number of Topliss-reactive ketones (excluding diaryl/α,β-unsaturated/α-hetero) is 3. The Morgan fingerprint density at radius 1 is 0.844 bits per heavy atom. The molecule has 0 saturated heterocycles. The molecule has 9 nitrogen and oxygen atoms in total. The second-order valence-electron chi connectivity index (χ2n) is 7.16. The number of nitrogens with one attached hydrogen (secondary N) is 1. The summed E-state index contributed by atoms with van der Waals surface area (Å²) in [5.74, 6) is -4.95. The van der Waals surface area contributed by atoms with Crippen molar-refractivity contribution < 1.29 is 28.7 Å². The molecule has 0 aliphatic rings. The van der Waals surface area contributed by atoms with E-state index in [2.05, 4.69) is 5.32 Å². The molecule has 0 aliphatic heterocycles. The first kappa shape index (κ1) is 24.3. The van der Waals surface area contributed by atoms with Gasteiger partial charge in [0.05, 0.1) is 13.2 Å². The number of hydrogen-bond acceptors (Lipinski definition) is 8. The van der Waals surface area contributed by atoms with Crippen molar-refractivity contribution in [3.05, 3.63) is 59.7 Å². The summed E-state index contributed by atoms with van der Waals surface area (Å²) in [6.07, 6.45) is -0.973. The van der Waals surface area contributed by atoms with Crippen molar-refractivity contribution in [1.29, 1.82) is 0 Å². The maximum atomic E-state index is 13.2. The largest absolute Gasteiger partial charge is 0.468 e. The molecule has 5 N–H and O–H groups in total. The normalized spacial score (nSPS) is 12.3. The minimum Gasteiger partial charge on any atom is -0.468 e. The molecule has 0 spiro atoms. The molecular formula is C23H25N3O6. The fourth-order valence-corrected chi connectivity index (χ4v) is 3.25. The molecular weight excluding hydrogens is 414 g/mol. The number of para-hydroxylation sites is 2. The number of rotatable bonds is 10. The van der Waals surface area contributed by atoms with Gasteiger partial charge in [-0.15, -0.1) is 0 Å². The molecule has 0 aliphatic carbocycles. The van der Waals surface area contributed by atoms with Crippen molar-refractivity contribution >= 4 is 40.6 Å². The van der Waals surface area contributed by atoms with Gasteiger partial charge in [0.25, 0.3) is 0 Å². The maximum Gasteiger partial charge on any atom is 0.316 e. The number of benzene rings is 2. The Morgan fingerprint density at radius 2 is 1.31 bits per heavy atom. The van der Waals surface area contributed by atoms with Crippen molar-refractivity contribution in [2.45, 2.75) is 25.8 Å². The summed E-state index contributed by atoms with van der Waals surface area (Å²) in [7, 11) is 1.08. The number of nitrogens with two attached hydrogens (primary N) is 2. The minimum atomic E-state index is -1.54. The molecule has 0 heterocycles. The molecule has 2 atom stereocenters. The van der Waals surface area contributed by atoms with Crippen LogP contribution in [0.5, 0.6) is 0 Å². The quantitative estimate of drug-likeness (QED) is 0.218. The lowest BCUT2D eigenvalue weighted by Crippen LogP contribution is -2.46. The topological polar surface area (TPSA) is 159 Å². The van der Waals surface area contributed by atoms with E-state index in [0.29, 0.717) is 0 Å². The fraction of sp³-hybridized carbons (Fsp3) is 0.261. The first-order valence-corrected chi connectivity index (χ1v) is 9.79. The van der Waals surface area contributed by atoms with E-state index in [0.717, 1.165) is 7.11 Å². The van der Waals surface area contributed by atoms with Gasteiger partial charge in [-0.1, -0.05) is 24.3 Å². The van der Waals surface area contributed by atoms with E-state index in [1.807, 2.05) is 0 Å². The molecule has 168 valence electrons. The average Bonchev–Trinajstić information content (AvgIpc) is 2.76. The smallest absolute Gasteiger partial charge is 0.316 e. The highest BCUT2D eigenvalue weighted by Crippen LogP contribution is 2.21. The number of nitrogen functional groups attached to an aromatic ring is 2. The van der Waals surface area contributed by atoms with Crippen LogP contribution in [0.1, 0.15) is 40.5 Å². The van der Waals surface area contributed by atoms with Crippen LogP contribution in [0.3, 0.4) is 0 Å². The lowest BCUT2D eigenvalue weighted by Gasteiger charge is -2.21. The van der Waals surface area contributed by atoms with Crippen molar-refractivity contribution in [1.82, 2.24) is 5.32 Å². The van der Waals surface area contributed by atoms with Gasteiger partial charge >= 0.3 is 5.97 Å². The summed E-state index contributed by atoms with van der Waals surface area (Å²) in [6.45, 7) is 1.17. The highest BCUT2D eigenvalue weighted by molar-refractivity contribution is 6.11. The zero-order chi connectivity index (χ0) is 23.8. The van der Waals surface area contributed by atoms with Crippen LogP contribution in [-0.4, -0.2) is 42.4 Å². The van der Waals surface area contributed by atoms with E-state index >= 15 is 0 Å². The number of amides is 1. The van der Waals surface area contributed by atoms with Crippen LogP contribution < -0.4 is 16.8 Å². The number of ketones is 3. The summed E-state index contributed by atoms with van der Waals surface area (Å²) in [4.78, 5) is 62.7. The number of carbonyl (C=O) groups is 5. The van der Waals surface area contributed by atoms with Gasteiger partial charge in [-0.25, -0.2) is 0 Å². The van der Waals surface area contributed by atoms with Gasteiger partial charge in [0.1, 0.15) is 5.92 Å². The molecule has 9 heteroatoms. The summed E-state index contributed by atoms with van der Waals surface area (Å²) in [6, 6.07) is 11.2. The third-order valence-electron chi connectivity index (χ3n) is 4.85. The number of carbonyl (C=O) groups excluding carboxylic acids is 5. The zero-order valence-electron chi connectivity index (χ0n) is 17.8. The highest BCUT2D eigenvalue weighted by atomic mass is 16.5. The summed E-state index contributed by atoms with van der Waals surface area (Å²) in [5, 5.41) is 2.39. The van der Waals surface area contributed by atoms with Gasteiger partial charge in [-0.2, -0.15) is 0 Å². The Balaban J connectivity index is 2.31. The Kier molecular flexibility index (Phi) is 8.23. The molecule has 0 saturated carbocycles. The molecule has 0 aromatic heterocycles. The molecule has 0 fully saturated rings. The number of hydrogen-bond donors (Lipinski definition) is 3. The first-order valence-electron chi connectivity index (χ1n) is 9.79. The van der Waals surface area contributed by atoms with Crippen LogP contribution in [0.4, 0.5) is 11.4 Å². The van der Waals surface area contributed by atoms with E-state index in [1.165, 1.54) is 31.2 Å². The lowest BCUT2D eigenvalue weighted by molar-refractivity contribution is -0.150. The number of esters is 1. The van der Waals surface area contributed by atoms with Gasteiger partial charge in [-0.3, -0.25) is 24.0 Å². The van der Waals surface area contributed by atoms with E-state index in [1.54, 1.807) is 24.3 Å². The van der Waals surface area contributed by atoms with Gasteiger partial charge < -0.3 is 21.5 Å². The zero-order valence-corrected chi connectivity index (χ0v) is 17.8. The monoisotopic (exact) mass is 439 g/mol. The predicted molar refractivity (Wildman–Crippen MR) is 118 cm³/mol. The fourth-order valence-electron chi connectivity index (χ4n) is 3.25. The van der Waals surface area contributed by atoms with Gasteiger partial charge in [0, 0.05) is 42.3 Å². The molecule has 2 aromatic carbocycles. The Bertz CT molecular complexity index is 1050. The predicted octanol–water partition coefficient (Wildman–Crippen LogP) is 1.56. The molecule has 0 bridgehead atoms. The lowest BCUT2D eigenvalue weighted by atomic mass is 9.88. The first-order chi connectivity index (χ1) is 15.1. The number of methoxy groups -OCH3 is 1. The summed E-state index contributed by atoms with van der Waals surface area (Å²) >= 11 is 0. The number of anilines is 2. The second-order valence-corrected chi connectivity index (χ2v) is 7.16. The third-order valence-corrected chi connectivity index (χ3v) is 4.85. The van der Waals surface area contributed by atoms with Crippen LogP contribution in [0.15, 0.2) is 48.5 Å². The Labute approximate surface area is 185 Å². The van der Waals surface area contributed by atoms with Crippen LogP contribution in [0.2, 0.25) is 0 Å². The molecule has 32 heavy (non-hydrogen) atoms. The van der Waals surface area contributed by atoms with Crippen molar-refractivity contribution in [3.63, 3.8) is 0 Å². The van der Waals surface area contributed by atoms with Crippen molar-refractivity contribution in [2.24, 2.45) is 5.92 Å². The number of ether oxygens (including phenoxy) is 1. The second kappa shape index (κ2) is 10.9. The van der Waals surface area contributed by atoms with Crippen LogP contribution in [-0.2, 0) is 19.1 Å².